The summed E-state index contributed by atoms with van der Waals surface area (Å²) >= 11 is 0. The minimum atomic E-state index is -0.248. The molecule has 5 nitrogen and oxygen atoms in total. The highest BCUT2D eigenvalue weighted by Crippen LogP contribution is 2.19. The van der Waals surface area contributed by atoms with Gasteiger partial charge in [0.2, 0.25) is 5.91 Å². The van der Waals surface area contributed by atoms with Crippen LogP contribution in [0.25, 0.3) is 0 Å². The molecule has 0 unspecified atom stereocenters. The number of amides is 1. The van der Waals surface area contributed by atoms with Gasteiger partial charge in [-0.1, -0.05) is 26.0 Å². The number of aryl methyl sites for hydroxylation is 2. The lowest BCUT2D eigenvalue weighted by molar-refractivity contribution is -0.131. The van der Waals surface area contributed by atoms with Crippen molar-refractivity contribution in [2.24, 2.45) is 0 Å². The molecule has 0 radical (unpaired) electrons. The summed E-state index contributed by atoms with van der Waals surface area (Å²) < 4.78 is 13.0. The summed E-state index contributed by atoms with van der Waals surface area (Å²) in [5.41, 5.74) is 1.96. The quantitative estimate of drug-likeness (QED) is 0.810. The lowest BCUT2D eigenvalue weighted by Gasteiger charge is -2.35. The third-order valence-electron chi connectivity index (χ3n) is 4.87. The molecule has 1 aromatic carbocycles. The molecular formula is C21H27FN4O. The lowest BCUT2D eigenvalue weighted by Crippen LogP contribution is -2.49. The van der Waals surface area contributed by atoms with Crippen LogP contribution in [-0.4, -0.2) is 47.0 Å². The van der Waals surface area contributed by atoms with Gasteiger partial charge in [-0.05, 0) is 31.0 Å². The van der Waals surface area contributed by atoms with Crippen LogP contribution in [0.2, 0.25) is 0 Å². The van der Waals surface area contributed by atoms with Gasteiger partial charge in [0.05, 0.1) is 0 Å². The van der Waals surface area contributed by atoms with Crippen LogP contribution < -0.4 is 4.90 Å². The normalized spacial score (nSPS) is 14.7. The average Bonchev–Trinajstić information content (AvgIpc) is 2.67. The first-order chi connectivity index (χ1) is 12.9. The first kappa shape index (κ1) is 19.3. The van der Waals surface area contributed by atoms with Crippen LogP contribution in [0.3, 0.4) is 0 Å². The molecule has 0 atom stereocenters. The van der Waals surface area contributed by atoms with Crippen LogP contribution in [0, 0.1) is 12.7 Å². The van der Waals surface area contributed by atoms with E-state index in [2.05, 4.69) is 23.7 Å². The summed E-state index contributed by atoms with van der Waals surface area (Å²) in [5.74, 6) is 2.01. The topological polar surface area (TPSA) is 49.3 Å². The fraction of sp³-hybridized carbons (Fsp3) is 0.476. The average molecular weight is 370 g/mol. The molecule has 1 amide bonds. The molecule has 1 aliphatic heterocycles. The van der Waals surface area contributed by atoms with E-state index in [4.69, 9.17) is 4.98 Å². The number of halogens is 1. The number of carbonyl (C=O) groups excluding carboxylic acids is 1. The third kappa shape index (κ3) is 5.02. The van der Waals surface area contributed by atoms with Crippen LogP contribution in [0.5, 0.6) is 0 Å². The van der Waals surface area contributed by atoms with E-state index in [1.165, 1.54) is 12.1 Å². The van der Waals surface area contributed by atoms with E-state index in [0.29, 0.717) is 25.9 Å². The fourth-order valence-corrected chi connectivity index (χ4v) is 3.24. The third-order valence-corrected chi connectivity index (χ3v) is 4.87. The molecule has 27 heavy (non-hydrogen) atoms. The van der Waals surface area contributed by atoms with Gasteiger partial charge in [-0.15, -0.1) is 0 Å². The molecule has 3 rings (SSSR count). The summed E-state index contributed by atoms with van der Waals surface area (Å²) in [4.78, 5) is 25.8. The van der Waals surface area contributed by atoms with Gasteiger partial charge in [0.1, 0.15) is 17.5 Å². The molecular weight excluding hydrogens is 343 g/mol. The largest absolute Gasteiger partial charge is 0.353 e. The van der Waals surface area contributed by atoms with Gasteiger partial charge in [0.25, 0.3) is 0 Å². The van der Waals surface area contributed by atoms with Crippen molar-refractivity contribution in [3.8, 4) is 0 Å². The number of aromatic nitrogens is 2. The van der Waals surface area contributed by atoms with Crippen molar-refractivity contribution in [2.45, 2.75) is 39.5 Å². The van der Waals surface area contributed by atoms with Gasteiger partial charge in [-0.3, -0.25) is 4.79 Å². The standard InChI is InChI=1S/C21H27FN4O/c1-15(2)21-23-16(3)14-19(24-21)25-10-12-26(13-11-25)20(27)9-6-17-4-7-18(22)8-5-17/h4-5,7-8,14-15H,6,9-13H2,1-3H3. The molecule has 6 heteroatoms. The number of hydrogen-bond acceptors (Lipinski definition) is 4. The van der Waals surface area contributed by atoms with E-state index in [-0.39, 0.29) is 17.6 Å². The molecule has 2 aromatic rings. The van der Waals surface area contributed by atoms with Crippen LogP contribution in [0.4, 0.5) is 10.2 Å². The van der Waals surface area contributed by atoms with Gasteiger partial charge in [0, 0.05) is 50.3 Å². The van der Waals surface area contributed by atoms with Crippen molar-refractivity contribution >= 4 is 11.7 Å². The zero-order valence-electron chi connectivity index (χ0n) is 16.3. The van der Waals surface area contributed by atoms with Crippen LogP contribution in [0.1, 0.15) is 43.3 Å². The SMILES string of the molecule is Cc1cc(N2CCN(C(=O)CCc3ccc(F)cc3)CC2)nc(C(C)C)n1. The van der Waals surface area contributed by atoms with Gasteiger partial charge >= 0.3 is 0 Å². The first-order valence-electron chi connectivity index (χ1n) is 9.55. The van der Waals surface area contributed by atoms with Gasteiger partial charge in [0.15, 0.2) is 0 Å². The van der Waals surface area contributed by atoms with E-state index in [1.54, 1.807) is 12.1 Å². The maximum absolute atomic E-state index is 13.0. The van der Waals surface area contributed by atoms with Crippen molar-refractivity contribution in [1.29, 1.82) is 0 Å². The maximum atomic E-state index is 13.0. The first-order valence-corrected chi connectivity index (χ1v) is 9.55. The highest BCUT2D eigenvalue weighted by Gasteiger charge is 2.22. The zero-order chi connectivity index (χ0) is 19.4. The molecule has 0 bridgehead atoms. The Hall–Kier alpha value is -2.50. The Balaban J connectivity index is 1.54. The molecule has 144 valence electrons. The van der Waals surface area contributed by atoms with Crippen LogP contribution in [0.15, 0.2) is 30.3 Å². The van der Waals surface area contributed by atoms with Crippen molar-refractivity contribution in [3.63, 3.8) is 0 Å². The molecule has 1 aliphatic rings. The predicted molar refractivity (Wildman–Crippen MR) is 104 cm³/mol. The molecule has 1 fully saturated rings. The Bertz CT molecular complexity index is 783. The van der Waals surface area contributed by atoms with Gasteiger partial charge in [-0.25, -0.2) is 14.4 Å². The van der Waals surface area contributed by atoms with E-state index >= 15 is 0 Å². The maximum Gasteiger partial charge on any atom is 0.223 e. The van der Waals surface area contributed by atoms with E-state index in [1.807, 2.05) is 17.9 Å². The summed E-state index contributed by atoms with van der Waals surface area (Å²) in [6.07, 6.45) is 1.10. The second-order valence-corrected chi connectivity index (χ2v) is 7.37. The number of anilines is 1. The predicted octanol–water partition coefficient (Wildman–Crippen LogP) is 3.33. The minimum Gasteiger partial charge on any atom is -0.353 e. The molecule has 0 saturated carbocycles. The summed E-state index contributed by atoms with van der Waals surface area (Å²) in [7, 11) is 0. The smallest absolute Gasteiger partial charge is 0.223 e. The number of benzene rings is 1. The molecule has 1 saturated heterocycles. The van der Waals surface area contributed by atoms with E-state index < -0.39 is 0 Å². The Morgan fingerprint density at radius 1 is 1.11 bits per heavy atom. The number of carbonyl (C=O) groups is 1. The Morgan fingerprint density at radius 2 is 1.78 bits per heavy atom. The van der Waals surface area contributed by atoms with Gasteiger partial charge < -0.3 is 9.80 Å². The Morgan fingerprint density at radius 3 is 2.41 bits per heavy atom. The van der Waals surface area contributed by atoms with Crippen molar-refractivity contribution < 1.29 is 9.18 Å². The summed E-state index contributed by atoms with van der Waals surface area (Å²) in [5, 5.41) is 0. The lowest BCUT2D eigenvalue weighted by atomic mass is 10.1. The molecule has 0 aliphatic carbocycles. The monoisotopic (exact) mass is 370 g/mol. The van der Waals surface area contributed by atoms with Crippen molar-refractivity contribution in [1.82, 2.24) is 14.9 Å². The zero-order valence-corrected chi connectivity index (χ0v) is 16.3. The number of hydrogen-bond donors (Lipinski definition) is 0. The number of piperazine rings is 1. The Kier molecular flexibility index (Phi) is 6.04. The molecule has 0 N–H and O–H groups in total. The van der Waals surface area contributed by atoms with E-state index in [0.717, 1.165) is 36.0 Å². The summed E-state index contributed by atoms with van der Waals surface area (Å²) in [6.45, 7) is 9.12. The second-order valence-electron chi connectivity index (χ2n) is 7.37. The highest BCUT2D eigenvalue weighted by atomic mass is 19.1. The van der Waals surface area contributed by atoms with E-state index in [9.17, 15) is 9.18 Å². The molecule has 2 heterocycles. The van der Waals surface area contributed by atoms with Crippen molar-refractivity contribution in [3.05, 3.63) is 53.2 Å². The van der Waals surface area contributed by atoms with Crippen molar-refractivity contribution in [2.75, 3.05) is 31.1 Å². The molecule has 0 spiro atoms. The highest BCUT2D eigenvalue weighted by molar-refractivity contribution is 5.76. The van der Waals surface area contributed by atoms with Gasteiger partial charge in [-0.2, -0.15) is 0 Å². The van der Waals surface area contributed by atoms with Crippen LogP contribution in [-0.2, 0) is 11.2 Å². The fourth-order valence-electron chi connectivity index (χ4n) is 3.24. The second kappa shape index (κ2) is 8.46. The van der Waals surface area contributed by atoms with Crippen LogP contribution >= 0.6 is 0 Å². The number of rotatable bonds is 5. The summed E-state index contributed by atoms with van der Waals surface area (Å²) in [6, 6.07) is 8.37. The molecule has 1 aromatic heterocycles. The number of nitrogens with zero attached hydrogens (tertiary/aromatic N) is 4. The minimum absolute atomic E-state index is 0.153. The Labute approximate surface area is 160 Å².